The number of allylic oxidation sites excluding steroid dienone is 2. The van der Waals surface area contributed by atoms with E-state index in [1.54, 1.807) is 12.5 Å². The highest BCUT2D eigenvalue weighted by molar-refractivity contribution is 5.72. The van der Waals surface area contributed by atoms with Crippen molar-refractivity contribution in [2.75, 3.05) is 6.54 Å². The fraction of sp³-hybridized carbons (Fsp3) is 0.800. The van der Waals surface area contributed by atoms with Gasteiger partial charge in [0.25, 0.3) is 0 Å². The van der Waals surface area contributed by atoms with E-state index in [9.17, 15) is 15.0 Å². The van der Waals surface area contributed by atoms with Gasteiger partial charge in [0.15, 0.2) is 0 Å². The van der Waals surface area contributed by atoms with Crippen LogP contribution in [0.2, 0.25) is 0 Å². The summed E-state index contributed by atoms with van der Waals surface area (Å²) in [6.07, 6.45) is 16.6. The van der Waals surface area contributed by atoms with Crippen LogP contribution in [0.3, 0.4) is 0 Å². The summed E-state index contributed by atoms with van der Waals surface area (Å²) in [5.41, 5.74) is 1.54. The summed E-state index contributed by atoms with van der Waals surface area (Å²) < 4.78 is 0. The second-order valence-electron chi connectivity index (χ2n) is 9.47. The first-order chi connectivity index (χ1) is 13.9. The van der Waals surface area contributed by atoms with E-state index in [0.29, 0.717) is 17.8 Å². The Hall–Kier alpha value is -1.13. The third kappa shape index (κ3) is 8.25. The molecular weight excluding hydrogens is 362 g/mol. The Morgan fingerprint density at radius 1 is 1.31 bits per heavy atom. The zero-order valence-corrected chi connectivity index (χ0v) is 18.8. The Balaban J connectivity index is 1.73. The molecule has 166 valence electrons. The Kier molecular flexibility index (Phi) is 10.4. The molecule has 29 heavy (non-hydrogen) atoms. The topological polar surface area (TPSA) is 69.6 Å². The predicted octanol–water partition coefficient (Wildman–Crippen LogP) is 4.76. The highest BCUT2D eigenvalue weighted by Crippen LogP contribution is 2.48. The van der Waals surface area contributed by atoms with Gasteiger partial charge in [0, 0.05) is 19.4 Å². The first-order valence-corrected chi connectivity index (χ1v) is 11.9. The first-order valence-electron chi connectivity index (χ1n) is 11.9. The lowest BCUT2D eigenvalue weighted by Crippen LogP contribution is -2.20. The van der Waals surface area contributed by atoms with E-state index in [2.05, 4.69) is 31.3 Å². The molecule has 2 aliphatic carbocycles. The lowest BCUT2D eigenvalue weighted by Gasteiger charge is -2.19. The van der Waals surface area contributed by atoms with E-state index >= 15 is 0 Å². The fourth-order valence-electron chi connectivity index (χ4n) is 5.13. The maximum Gasteiger partial charge on any atom is 0.216 e. The average Bonchev–Trinajstić information content (AvgIpc) is 3.17. The van der Waals surface area contributed by atoms with Gasteiger partial charge in [0.05, 0.1) is 12.2 Å². The molecule has 0 aromatic rings. The minimum Gasteiger partial charge on any atom is -0.392 e. The molecule has 1 amide bonds. The summed E-state index contributed by atoms with van der Waals surface area (Å²) >= 11 is 0. The molecular formula is C25H43NO3. The van der Waals surface area contributed by atoms with E-state index in [0.717, 1.165) is 45.1 Å². The third-order valence-electron chi connectivity index (χ3n) is 6.75. The SMILES string of the molecule is CCCCC(C)CC(O)/C=C/C1C(O)CC2C=C(CCCCCNC(C)=O)CC21. The van der Waals surface area contributed by atoms with Crippen LogP contribution in [0.25, 0.3) is 0 Å². The van der Waals surface area contributed by atoms with E-state index in [1.807, 2.05) is 6.08 Å². The molecule has 0 saturated heterocycles. The molecule has 4 heteroatoms. The van der Waals surface area contributed by atoms with Crippen molar-refractivity contribution in [3.63, 3.8) is 0 Å². The summed E-state index contributed by atoms with van der Waals surface area (Å²) in [6, 6.07) is 0. The Labute approximate surface area is 177 Å². The number of rotatable bonds is 13. The van der Waals surface area contributed by atoms with Crippen molar-refractivity contribution in [1.29, 1.82) is 0 Å². The Morgan fingerprint density at radius 2 is 2.10 bits per heavy atom. The molecule has 0 heterocycles. The molecule has 0 radical (unpaired) electrons. The Morgan fingerprint density at radius 3 is 2.83 bits per heavy atom. The van der Waals surface area contributed by atoms with Gasteiger partial charge in [-0.05, 0) is 56.3 Å². The van der Waals surface area contributed by atoms with Crippen molar-refractivity contribution >= 4 is 5.91 Å². The van der Waals surface area contributed by atoms with Crippen LogP contribution in [0.15, 0.2) is 23.8 Å². The second kappa shape index (κ2) is 12.5. The molecule has 6 unspecified atom stereocenters. The zero-order chi connectivity index (χ0) is 21.2. The summed E-state index contributed by atoms with van der Waals surface area (Å²) in [5.74, 6) is 1.76. The van der Waals surface area contributed by atoms with Crippen LogP contribution in [0.5, 0.6) is 0 Å². The van der Waals surface area contributed by atoms with Gasteiger partial charge in [-0.1, -0.05) is 63.3 Å². The van der Waals surface area contributed by atoms with Crippen LogP contribution in [-0.2, 0) is 4.79 Å². The molecule has 0 bridgehead atoms. The summed E-state index contributed by atoms with van der Waals surface area (Å²) in [7, 11) is 0. The molecule has 3 N–H and O–H groups in total. The molecule has 6 atom stereocenters. The van der Waals surface area contributed by atoms with Crippen LogP contribution in [-0.4, -0.2) is 34.9 Å². The molecule has 2 rings (SSSR count). The average molecular weight is 406 g/mol. The monoisotopic (exact) mass is 405 g/mol. The van der Waals surface area contributed by atoms with Crippen molar-refractivity contribution in [2.24, 2.45) is 23.7 Å². The number of hydrogen-bond acceptors (Lipinski definition) is 3. The quantitative estimate of drug-likeness (QED) is 0.306. The van der Waals surface area contributed by atoms with Gasteiger partial charge in [-0.2, -0.15) is 0 Å². The second-order valence-corrected chi connectivity index (χ2v) is 9.47. The summed E-state index contributed by atoms with van der Waals surface area (Å²) in [4.78, 5) is 10.9. The zero-order valence-electron chi connectivity index (χ0n) is 18.8. The molecule has 0 aromatic heterocycles. The normalized spacial score (nSPS) is 28.4. The number of carbonyl (C=O) groups is 1. The van der Waals surface area contributed by atoms with Crippen LogP contribution < -0.4 is 5.32 Å². The maximum absolute atomic E-state index is 10.9. The fourth-order valence-corrected chi connectivity index (χ4v) is 5.13. The van der Waals surface area contributed by atoms with E-state index < -0.39 is 6.10 Å². The maximum atomic E-state index is 10.9. The smallest absolute Gasteiger partial charge is 0.216 e. The first kappa shape index (κ1) is 24.1. The number of hydrogen-bond donors (Lipinski definition) is 3. The van der Waals surface area contributed by atoms with Gasteiger partial charge in [-0.25, -0.2) is 0 Å². The van der Waals surface area contributed by atoms with E-state index in [1.165, 1.54) is 25.7 Å². The van der Waals surface area contributed by atoms with Crippen LogP contribution >= 0.6 is 0 Å². The van der Waals surface area contributed by atoms with Crippen molar-refractivity contribution in [2.45, 2.75) is 97.2 Å². The largest absolute Gasteiger partial charge is 0.392 e. The number of carbonyl (C=O) groups excluding carboxylic acids is 1. The number of amides is 1. The highest BCUT2D eigenvalue weighted by Gasteiger charge is 2.43. The van der Waals surface area contributed by atoms with E-state index in [-0.39, 0.29) is 17.9 Å². The molecule has 1 fully saturated rings. The minimum absolute atomic E-state index is 0.0505. The third-order valence-corrected chi connectivity index (χ3v) is 6.75. The lowest BCUT2D eigenvalue weighted by molar-refractivity contribution is -0.118. The minimum atomic E-state index is -0.398. The van der Waals surface area contributed by atoms with Crippen molar-refractivity contribution in [1.82, 2.24) is 5.32 Å². The van der Waals surface area contributed by atoms with Gasteiger partial charge >= 0.3 is 0 Å². The molecule has 0 aromatic carbocycles. The van der Waals surface area contributed by atoms with Gasteiger partial charge < -0.3 is 15.5 Å². The summed E-state index contributed by atoms with van der Waals surface area (Å²) in [6.45, 7) is 6.76. The number of unbranched alkanes of at least 4 members (excludes halogenated alkanes) is 3. The van der Waals surface area contributed by atoms with Crippen LogP contribution in [0, 0.1) is 23.7 Å². The van der Waals surface area contributed by atoms with Crippen molar-refractivity contribution in [3.05, 3.63) is 23.8 Å². The van der Waals surface area contributed by atoms with Crippen molar-refractivity contribution < 1.29 is 15.0 Å². The van der Waals surface area contributed by atoms with Gasteiger partial charge in [-0.3, -0.25) is 4.79 Å². The lowest BCUT2D eigenvalue weighted by atomic mass is 9.88. The van der Waals surface area contributed by atoms with Crippen molar-refractivity contribution in [3.8, 4) is 0 Å². The number of aliphatic hydroxyl groups is 2. The summed E-state index contributed by atoms with van der Waals surface area (Å²) in [5, 5.41) is 23.7. The Bertz CT molecular complexity index is 556. The molecule has 4 nitrogen and oxygen atoms in total. The van der Waals surface area contributed by atoms with Gasteiger partial charge in [0.2, 0.25) is 5.91 Å². The molecule has 1 saturated carbocycles. The highest BCUT2D eigenvalue weighted by atomic mass is 16.3. The molecule has 2 aliphatic rings. The number of nitrogens with one attached hydrogen (secondary N) is 1. The van der Waals surface area contributed by atoms with Crippen LogP contribution in [0.1, 0.15) is 85.0 Å². The molecule has 0 spiro atoms. The van der Waals surface area contributed by atoms with E-state index in [4.69, 9.17) is 0 Å². The van der Waals surface area contributed by atoms with Gasteiger partial charge in [-0.15, -0.1) is 0 Å². The predicted molar refractivity (Wildman–Crippen MR) is 119 cm³/mol. The standard InChI is InChI=1S/C25H43NO3/c1-4-5-9-18(2)14-22(28)11-12-23-24-16-20(15-21(24)17-25(23)29)10-7-6-8-13-26-19(3)27/h11-12,15,18,21-25,28-29H,4-10,13-14,16-17H2,1-3H3,(H,26,27)/b12-11+. The number of fused-ring (bicyclic) bond motifs is 1. The van der Waals surface area contributed by atoms with Crippen LogP contribution in [0.4, 0.5) is 0 Å². The number of aliphatic hydroxyl groups excluding tert-OH is 2. The van der Waals surface area contributed by atoms with Gasteiger partial charge in [0.1, 0.15) is 0 Å². The molecule has 0 aliphatic heterocycles.